The number of anilines is 1. The molecule has 0 aromatic heterocycles. The molecule has 1 amide bonds. The van der Waals surface area contributed by atoms with Crippen molar-refractivity contribution in [2.75, 3.05) is 5.01 Å². The maximum atomic E-state index is 12.3. The van der Waals surface area contributed by atoms with Crippen LogP contribution in [0.15, 0.2) is 23.3 Å². The smallest absolute Gasteiger partial charge is 0.256 e. The molecule has 0 saturated heterocycles. The Morgan fingerprint density at radius 2 is 2.00 bits per heavy atom. The molecule has 1 heterocycles. The van der Waals surface area contributed by atoms with Gasteiger partial charge < -0.3 is 0 Å². The van der Waals surface area contributed by atoms with Crippen molar-refractivity contribution in [1.29, 1.82) is 0 Å². The second-order valence-corrected chi connectivity index (χ2v) is 5.14. The van der Waals surface area contributed by atoms with Gasteiger partial charge >= 0.3 is 0 Å². The molecule has 1 aliphatic heterocycles. The lowest BCUT2D eigenvalue weighted by Gasteiger charge is -2.16. The third kappa shape index (κ3) is 2.57. The first kappa shape index (κ1) is 13.5. The third-order valence-corrected chi connectivity index (χ3v) is 3.34. The topological polar surface area (TPSA) is 49.7 Å². The lowest BCUT2D eigenvalue weighted by molar-refractivity contribution is -0.124. The molecule has 1 unspecified atom stereocenters. The third-order valence-electron chi connectivity index (χ3n) is 3.34. The molecule has 0 spiro atoms. The number of rotatable bonds is 3. The van der Waals surface area contributed by atoms with Gasteiger partial charge in [0.05, 0.1) is 11.6 Å². The zero-order chi connectivity index (χ0) is 14.2. The van der Waals surface area contributed by atoms with Gasteiger partial charge in [0, 0.05) is 12.1 Å². The van der Waals surface area contributed by atoms with Crippen LogP contribution in [-0.4, -0.2) is 17.4 Å². The van der Waals surface area contributed by atoms with E-state index in [4.69, 9.17) is 0 Å². The summed E-state index contributed by atoms with van der Waals surface area (Å²) in [5.74, 6) is -0.506. The highest BCUT2D eigenvalue weighted by atomic mass is 16.2. The number of Topliss-reactive ketones (excluding diaryl/α,β-unsaturated/α-hetero) is 1. The summed E-state index contributed by atoms with van der Waals surface area (Å²) in [6.07, 6.45) is 0.232. The number of hydrazone groups is 1. The SMILES string of the molecule is CC(=O)CC1C(=O)N(c2ccc(C)cc2C)N=C1C. The minimum atomic E-state index is -0.404. The Labute approximate surface area is 113 Å². The first-order valence-corrected chi connectivity index (χ1v) is 6.36. The number of hydrogen-bond donors (Lipinski definition) is 0. The summed E-state index contributed by atoms with van der Waals surface area (Å²) in [7, 11) is 0. The Kier molecular flexibility index (Phi) is 3.51. The highest BCUT2D eigenvalue weighted by Gasteiger charge is 2.35. The second kappa shape index (κ2) is 4.96. The molecule has 1 aromatic carbocycles. The normalized spacial score (nSPS) is 18.7. The molecule has 0 radical (unpaired) electrons. The van der Waals surface area contributed by atoms with Crippen molar-refractivity contribution in [3.63, 3.8) is 0 Å². The van der Waals surface area contributed by atoms with E-state index in [1.54, 1.807) is 6.92 Å². The monoisotopic (exact) mass is 258 g/mol. The largest absolute Gasteiger partial charge is 0.300 e. The van der Waals surface area contributed by atoms with Crippen molar-refractivity contribution >= 4 is 23.1 Å². The van der Waals surface area contributed by atoms with Gasteiger partial charge in [-0.1, -0.05) is 17.7 Å². The van der Waals surface area contributed by atoms with Crippen molar-refractivity contribution < 1.29 is 9.59 Å². The fourth-order valence-corrected chi connectivity index (χ4v) is 2.34. The predicted octanol–water partition coefficient (Wildman–Crippen LogP) is 2.62. The molecule has 1 aliphatic rings. The van der Waals surface area contributed by atoms with Crippen LogP contribution in [0.25, 0.3) is 0 Å². The van der Waals surface area contributed by atoms with Gasteiger partial charge in [-0.15, -0.1) is 0 Å². The van der Waals surface area contributed by atoms with Crippen LogP contribution in [0, 0.1) is 19.8 Å². The predicted molar refractivity (Wildman–Crippen MR) is 75.3 cm³/mol. The molecule has 0 bridgehead atoms. The highest BCUT2D eigenvalue weighted by molar-refractivity contribution is 6.16. The fraction of sp³-hybridized carbons (Fsp3) is 0.400. The van der Waals surface area contributed by atoms with E-state index in [9.17, 15) is 9.59 Å². The summed E-state index contributed by atoms with van der Waals surface area (Å²) >= 11 is 0. The molecular weight excluding hydrogens is 240 g/mol. The van der Waals surface area contributed by atoms with Crippen molar-refractivity contribution in [3.8, 4) is 0 Å². The maximum Gasteiger partial charge on any atom is 0.256 e. The molecular formula is C15H18N2O2. The van der Waals surface area contributed by atoms with Crippen LogP contribution in [0.4, 0.5) is 5.69 Å². The number of carbonyl (C=O) groups excluding carboxylic acids is 2. The molecule has 0 fully saturated rings. The van der Waals surface area contributed by atoms with Gasteiger partial charge in [-0.25, -0.2) is 0 Å². The van der Waals surface area contributed by atoms with Crippen LogP contribution in [-0.2, 0) is 9.59 Å². The quantitative estimate of drug-likeness (QED) is 0.836. The average molecular weight is 258 g/mol. The molecule has 1 atom stereocenters. The zero-order valence-corrected chi connectivity index (χ0v) is 11.7. The van der Waals surface area contributed by atoms with Crippen LogP contribution in [0.1, 0.15) is 31.4 Å². The Bertz CT molecular complexity index is 576. The van der Waals surface area contributed by atoms with E-state index in [2.05, 4.69) is 5.10 Å². The van der Waals surface area contributed by atoms with Crippen LogP contribution in [0.2, 0.25) is 0 Å². The van der Waals surface area contributed by atoms with Gasteiger partial charge in [0.1, 0.15) is 5.78 Å². The number of ketones is 1. The van der Waals surface area contributed by atoms with E-state index in [0.29, 0.717) is 5.71 Å². The van der Waals surface area contributed by atoms with E-state index >= 15 is 0 Å². The Hall–Kier alpha value is -1.97. The Morgan fingerprint density at radius 1 is 1.32 bits per heavy atom. The number of amides is 1. The molecule has 19 heavy (non-hydrogen) atoms. The molecule has 0 N–H and O–H groups in total. The van der Waals surface area contributed by atoms with Crippen LogP contribution >= 0.6 is 0 Å². The van der Waals surface area contributed by atoms with Crippen LogP contribution in [0.5, 0.6) is 0 Å². The number of benzene rings is 1. The lowest BCUT2D eigenvalue weighted by atomic mass is 9.98. The summed E-state index contributed by atoms with van der Waals surface area (Å²) in [6, 6.07) is 5.88. The molecule has 1 aromatic rings. The van der Waals surface area contributed by atoms with E-state index in [0.717, 1.165) is 16.8 Å². The summed E-state index contributed by atoms with van der Waals surface area (Å²) in [5.41, 5.74) is 3.66. The van der Waals surface area contributed by atoms with Crippen molar-refractivity contribution in [1.82, 2.24) is 0 Å². The maximum absolute atomic E-state index is 12.3. The summed E-state index contributed by atoms with van der Waals surface area (Å²) < 4.78 is 0. The first-order chi connectivity index (χ1) is 8.90. The molecule has 4 nitrogen and oxygen atoms in total. The molecule has 100 valence electrons. The van der Waals surface area contributed by atoms with Gasteiger partial charge in [0.15, 0.2) is 0 Å². The minimum absolute atomic E-state index is 0.00961. The van der Waals surface area contributed by atoms with E-state index in [1.807, 2.05) is 32.0 Å². The van der Waals surface area contributed by atoms with Gasteiger partial charge in [0.25, 0.3) is 5.91 Å². The van der Waals surface area contributed by atoms with Crippen molar-refractivity contribution in [3.05, 3.63) is 29.3 Å². The van der Waals surface area contributed by atoms with E-state index in [1.165, 1.54) is 11.9 Å². The van der Waals surface area contributed by atoms with Gasteiger partial charge in [-0.05, 0) is 39.3 Å². The van der Waals surface area contributed by atoms with E-state index in [-0.39, 0.29) is 18.1 Å². The van der Waals surface area contributed by atoms with E-state index < -0.39 is 5.92 Å². The van der Waals surface area contributed by atoms with Gasteiger partial charge in [0.2, 0.25) is 0 Å². The van der Waals surface area contributed by atoms with Crippen molar-refractivity contribution in [2.24, 2.45) is 11.0 Å². The fourth-order valence-electron chi connectivity index (χ4n) is 2.34. The lowest BCUT2D eigenvalue weighted by Crippen LogP contribution is -2.28. The standard InChI is InChI=1S/C15H18N2O2/c1-9-5-6-14(10(2)7-9)17-15(19)13(8-11(3)18)12(4)16-17/h5-7,13H,8H2,1-4H3. The van der Waals surface area contributed by atoms with Gasteiger partial charge in [-0.3, -0.25) is 9.59 Å². The molecule has 4 heteroatoms. The highest BCUT2D eigenvalue weighted by Crippen LogP contribution is 2.28. The minimum Gasteiger partial charge on any atom is -0.300 e. The zero-order valence-electron chi connectivity index (χ0n) is 11.7. The first-order valence-electron chi connectivity index (χ1n) is 6.36. The Balaban J connectivity index is 2.33. The number of aryl methyl sites for hydroxylation is 2. The summed E-state index contributed by atoms with van der Waals surface area (Å²) in [5, 5.41) is 5.74. The second-order valence-electron chi connectivity index (χ2n) is 5.14. The van der Waals surface area contributed by atoms with Crippen molar-refractivity contribution in [2.45, 2.75) is 34.1 Å². The molecule has 2 rings (SSSR count). The number of hydrogen-bond acceptors (Lipinski definition) is 3. The van der Waals surface area contributed by atoms with Crippen LogP contribution in [0.3, 0.4) is 0 Å². The van der Waals surface area contributed by atoms with Crippen LogP contribution < -0.4 is 5.01 Å². The number of carbonyl (C=O) groups is 2. The molecule has 0 aliphatic carbocycles. The average Bonchev–Trinajstić information content (AvgIpc) is 2.57. The number of nitrogens with zero attached hydrogens (tertiary/aromatic N) is 2. The Morgan fingerprint density at radius 3 is 2.58 bits per heavy atom. The summed E-state index contributed by atoms with van der Waals surface area (Å²) in [6.45, 7) is 7.27. The van der Waals surface area contributed by atoms with Gasteiger partial charge in [-0.2, -0.15) is 10.1 Å². The molecule has 0 saturated carbocycles. The summed E-state index contributed by atoms with van der Waals surface area (Å²) in [4.78, 5) is 23.6.